The van der Waals surface area contributed by atoms with Crippen LogP contribution in [0.2, 0.25) is 0 Å². The minimum atomic E-state index is -0.0447. The van der Waals surface area contributed by atoms with Gasteiger partial charge in [-0.1, -0.05) is 20.8 Å². The SMILES string of the molecule is CCn1c(CO)nnc1C(C)(C)C. The van der Waals surface area contributed by atoms with Crippen molar-refractivity contribution in [1.29, 1.82) is 0 Å². The molecular weight excluding hydrogens is 166 g/mol. The first-order valence-electron chi connectivity index (χ1n) is 4.54. The lowest BCUT2D eigenvalue weighted by atomic mass is 9.96. The van der Waals surface area contributed by atoms with E-state index in [0.29, 0.717) is 5.82 Å². The standard InChI is InChI=1S/C9H17N3O/c1-5-12-7(6-13)10-11-8(12)9(2,3)4/h13H,5-6H2,1-4H3. The van der Waals surface area contributed by atoms with E-state index in [-0.39, 0.29) is 12.0 Å². The molecule has 4 heteroatoms. The Kier molecular flexibility index (Phi) is 2.71. The topological polar surface area (TPSA) is 50.9 Å². The highest BCUT2D eigenvalue weighted by atomic mass is 16.3. The molecule has 4 nitrogen and oxygen atoms in total. The highest BCUT2D eigenvalue weighted by Crippen LogP contribution is 2.20. The van der Waals surface area contributed by atoms with Crippen LogP contribution < -0.4 is 0 Å². The Bertz CT molecular complexity index is 286. The van der Waals surface area contributed by atoms with Crippen molar-refractivity contribution in [3.05, 3.63) is 11.6 Å². The summed E-state index contributed by atoms with van der Waals surface area (Å²) in [5.41, 5.74) is -0.0174. The molecule has 13 heavy (non-hydrogen) atoms. The Morgan fingerprint density at radius 3 is 2.31 bits per heavy atom. The predicted octanol–water partition coefficient (Wildman–Crippen LogP) is 1.09. The van der Waals surface area contributed by atoms with Crippen molar-refractivity contribution in [3.63, 3.8) is 0 Å². The fourth-order valence-corrected chi connectivity index (χ4v) is 1.34. The van der Waals surface area contributed by atoms with Gasteiger partial charge in [-0.05, 0) is 6.92 Å². The van der Waals surface area contributed by atoms with Gasteiger partial charge in [0.15, 0.2) is 5.82 Å². The van der Waals surface area contributed by atoms with Crippen molar-refractivity contribution in [2.45, 2.75) is 46.3 Å². The minimum Gasteiger partial charge on any atom is -0.388 e. The molecule has 1 heterocycles. The van der Waals surface area contributed by atoms with Gasteiger partial charge in [-0.2, -0.15) is 0 Å². The van der Waals surface area contributed by atoms with Gasteiger partial charge in [0.25, 0.3) is 0 Å². The maximum atomic E-state index is 9.01. The van der Waals surface area contributed by atoms with E-state index in [4.69, 9.17) is 5.11 Å². The van der Waals surface area contributed by atoms with E-state index in [1.165, 1.54) is 0 Å². The Balaban J connectivity index is 3.16. The molecule has 0 saturated heterocycles. The molecule has 0 radical (unpaired) electrons. The number of aliphatic hydroxyl groups excluding tert-OH is 1. The van der Waals surface area contributed by atoms with E-state index >= 15 is 0 Å². The van der Waals surface area contributed by atoms with Crippen LogP contribution in [0.15, 0.2) is 0 Å². The first kappa shape index (κ1) is 10.2. The molecule has 1 rings (SSSR count). The fraction of sp³-hybridized carbons (Fsp3) is 0.778. The van der Waals surface area contributed by atoms with Crippen molar-refractivity contribution < 1.29 is 5.11 Å². The smallest absolute Gasteiger partial charge is 0.158 e. The molecule has 0 fully saturated rings. The summed E-state index contributed by atoms with van der Waals surface area (Å²) < 4.78 is 1.96. The Hall–Kier alpha value is -0.900. The molecular formula is C9H17N3O. The molecule has 0 aliphatic carbocycles. The summed E-state index contributed by atoms with van der Waals surface area (Å²) in [6, 6.07) is 0. The van der Waals surface area contributed by atoms with Crippen LogP contribution in [0, 0.1) is 0 Å². The summed E-state index contributed by atoms with van der Waals surface area (Å²) in [7, 11) is 0. The molecule has 0 aliphatic rings. The van der Waals surface area contributed by atoms with Gasteiger partial charge in [0.1, 0.15) is 12.4 Å². The maximum absolute atomic E-state index is 9.01. The zero-order chi connectivity index (χ0) is 10.1. The second-order valence-corrected chi connectivity index (χ2v) is 4.09. The molecule has 0 amide bonds. The van der Waals surface area contributed by atoms with Crippen LogP contribution in [0.25, 0.3) is 0 Å². The third-order valence-corrected chi connectivity index (χ3v) is 1.96. The van der Waals surface area contributed by atoms with Crippen molar-refractivity contribution in [2.75, 3.05) is 0 Å². The monoisotopic (exact) mass is 183 g/mol. The molecule has 74 valence electrons. The summed E-state index contributed by atoms with van der Waals surface area (Å²) in [6.07, 6.45) is 0. The minimum absolute atomic E-state index is 0.0174. The average molecular weight is 183 g/mol. The van der Waals surface area contributed by atoms with Gasteiger partial charge in [0.2, 0.25) is 0 Å². The van der Waals surface area contributed by atoms with Crippen LogP contribution in [0.5, 0.6) is 0 Å². The van der Waals surface area contributed by atoms with Crippen molar-refractivity contribution in [2.24, 2.45) is 0 Å². The molecule has 0 bridgehead atoms. The Morgan fingerprint density at radius 1 is 1.31 bits per heavy atom. The first-order chi connectivity index (χ1) is 6.00. The van der Waals surface area contributed by atoms with Crippen molar-refractivity contribution in [3.8, 4) is 0 Å². The average Bonchev–Trinajstić information content (AvgIpc) is 2.45. The van der Waals surface area contributed by atoms with Gasteiger partial charge < -0.3 is 9.67 Å². The summed E-state index contributed by atoms with van der Waals surface area (Å²) in [5.74, 6) is 1.58. The Labute approximate surface area is 78.6 Å². The molecule has 0 saturated carbocycles. The molecule has 1 N–H and O–H groups in total. The maximum Gasteiger partial charge on any atom is 0.158 e. The van der Waals surface area contributed by atoms with E-state index in [9.17, 15) is 0 Å². The number of aliphatic hydroxyl groups is 1. The van der Waals surface area contributed by atoms with Gasteiger partial charge >= 0.3 is 0 Å². The van der Waals surface area contributed by atoms with Crippen LogP contribution >= 0.6 is 0 Å². The van der Waals surface area contributed by atoms with Crippen molar-refractivity contribution >= 4 is 0 Å². The second-order valence-electron chi connectivity index (χ2n) is 4.09. The fourth-order valence-electron chi connectivity index (χ4n) is 1.34. The molecule has 0 spiro atoms. The van der Waals surface area contributed by atoms with E-state index < -0.39 is 0 Å². The van der Waals surface area contributed by atoms with E-state index in [2.05, 4.69) is 31.0 Å². The molecule has 0 atom stereocenters. The summed E-state index contributed by atoms with van der Waals surface area (Å²) >= 11 is 0. The summed E-state index contributed by atoms with van der Waals surface area (Å²) in [5, 5.41) is 17.0. The molecule has 1 aromatic heterocycles. The largest absolute Gasteiger partial charge is 0.388 e. The van der Waals surface area contributed by atoms with Gasteiger partial charge in [-0.15, -0.1) is 10.2 Å². The van der Waals surface area contributed by atoms with Crippen LogP contribution in [0.4, 0.5) is 0 Å². The van der Waals surface area contributed by atoms with Crippen molar-refractivity contribution in [1.82, 2.24) is 14.8 Å². The van der Waals surface area contributed by atoms with E-state index in [1.807, 2.05) is 11.5 Å². The molecule has 0 aliphatic heterocycles. The van der Waals surface area contributed by atoms with Gasteiger partial charge in [0.05, 0.1) is 0 Å². The molecule has 0 aromatic carbocycles. The lowest BCUT2D eigenvalue weighted by Gasteiger charge is -2.18. The highest BCUT2D eigenvalue weighted by Gasteiger charge is 2.22. The number of rotatable bonds is 2. The molecule has 1 aromatic rings. The zero-order valence-electron chi connectivity index (χ0n) is 8.70. The lowest BCUT2D eigenvalue weighted by molar-refractivity contribution is 0.264. The highest BCUT2D eigenvalue weighted by molar-refractivity contribution is 5.05. The normalized spacial score (nSPS) is 12.1. The molecule has 0 unspecified atom stereocenters. The van der Waals surface area contributed by atoms with Gasteiger partial charge in [-0.3, -0.25) is 0 Å². The van der Waals surface area contributed by atoms with Crippen LogP contribution in [0.1, 0.15) is 39.3 Å². The number of hydrogen-bond acceptors (Lipinski definition) is 3. The predicted molar refractivity (Wildman–Crippen MR) is 50.3 cm³/mol. The van der Waals surface area contributed by atoms with Crippen LogP contribution in [-0.4, -0.2) is 19.9 Å². The number of aromatic nitrogens is 3. The van der Waals surface area contributed by atoms with E-state index in [1.54, 1.807) is 0 Å². The third-order valence-electron chi connectivity index (χ3n) is 1.96. The second kappa shape index (κ2) is 3.46. The van der Waals surface area contributed by atoms with Crippen LogP contribution in [-0.2, 0) is 18.6 Å². The van der Waals surface area contributed by atoms with Gasteiger partial charge in [0, 0.05) is 12.0 Å². The quantitative estimate of drug-likeness (QED) is 0.746. The van der Waals surface area contributed by atoms with E-state index in [0.717, 1.165) is 12.4 Å². The summed E-state index contributed by atoms with van der Waals surface area (Å²) in [4.78, 5) is 0. The zero-order valence-corrected chi connectivity index (χ0v) is 8.70. The summed E-state index contributed by atoms with van der Waals surface area (Å²) in [6.45, 7) is 9.04. The lowest BCUT2D eigenvalue weighted by Crippen LogP contribution is -2.19. The first-order valence-corrected chi connectivity index (χ1v) is 4.54. The number of nitrogens with zero attached hydrogens (tertiary/aromatic N) is 3. The number of hydrogen-bond donors (Lipinski definition) is 1. The third kappa shape index (κ3) is 1.88. The Morgan fingerprint density at radius 2 is 1.92 bits per heavy atom. The van der Waals surface area contributed by atoms with Crippen LogP contribution in [0.3, 0.4) is 0 Å². The van der Waals surface area contributed by atoms with Gasteiger partial charge in [-0.25, -0.2) is 0 Å².